The summed E-state index contributed by atoms with van der Waals surface area (Å²) < 4.78 is 4.97. The van der Waals surface area contributed by atoms with Crippen LogP contribution in [0.4, 0.5) is 5.69 Å². The third kappa shape index (κ3) is 5.55. The van der Waals surface area contributed by atoms with Gasteiger partial charge in [-0.2, -0.15) is 0 Å². The van der Waals surface area contributed by atoms with E-state index in [1.165, 1.54) is 0 Å². The Morgan fingerprint density at radius 3 is 2.29 bits per heavy atom. The maximum atomic E-state index is 11.6. The van der Waals surface area contributed by atoms with Crippen LogP contribution in [0.15, 0.2) is 24.3 Å². The van der Waals surface area contributed by atoms with Gasteiger partial charge in [0.15, 0.2) is 0 Å². The number of amides is 1. The van der Waals surface area contributed by atoms with E-state index in [2.05, 4.69) is 10.6 Å². The summed E-state index contributed by atoms with van der Waals surface area (Å²) in [5, 5.41) is 5.99. The molecule has 21 heavy (non-hydrogen) atoms. The molecule has 0 aliphatic rings. The molecule has 0 aliphatic heterocycles. The van der Waals surface area contributed by atoms with E-state index in [-0.39, 0.29) is 24.0 Å². The molecule has 1 amide bonds. The fourth-order valence-corrected chi connectivity index (χ4v) is 1.91. The zero-order valence-electron chi connectivity index (χ0n) is 13.1. The molecule has 5 heteroatoms. The molecule has 1 aromatic rings. The predicted molar refractivity (Wildman–Crippen MR) is 83.0 cm³/mol. The smallest absolute Gasteiger partial charge is 0.322 e. The Hall–Kier alpha value is -1.88. The van der Waals surface area contributed by atoms with E-state index >= 15 is 0 Å². The van der Waals surface area contributed by atoms with Crippen LogP contribution in [0.25, 0.3) is 0 Å². The number of hydrogen-bond donors (Lipinski definition) is 2. The highest BCUT2D eigenvalue weighted by molar-refractivity contribution is 5.90. The Morgan fingerprint density at radius 2 is 1.76 bits per heavy atom. The van der Waals surface area contributed by atoms with Gasteiger partial charge in [-0.1, -0.05) is 19.1 Å². The maximum Gasteiger partial charge on any atom is 0.322 e. The molecule has 0 heterocycles. The molecule has 0 spiro atoms. The number of esters is 1. The fourth-order valence-electron chi connectivity index (χ4n) is 1.91. The van der Waals surface area contributed by atoms with Crippen LogP contribution < -0.4 is 10.6 Å². The molecule has 2 atom stereocenters. The van der Waals surface area contributed by atoms with Gasteiger partial charge in [0.05, 0.1) is 6.61 Å². The van der Waals surface area contributed by atoms with Gasteiger partial charge < -0.3 is 10.1 Å². The van der Waals surface area contributed by atoms with Crippen molar-refractivity contribution in [2.45, 2.75) is 46.2 Å². The standard InChI is InChI=1S/C16H24N2O3/c1-5-15(19)18-14-9-7-13(8-10-14)11(3)17-12(4)16(20)21-6-2/h7-12,17H,5-6H2,1-4H3,(H,18,19)/t11-,12+/m0/s1. The second kappa shape index (κ2) is 8.42. The number of ether oxygens (including phenoxy) is 1. The second-order valence-electron chi connectivity index (χ2n) is 4.89. The normalized spacial score (nSPS) is 13.3. The first-order chi connectivity index (χ1) is 9.97. The van der Waals surface area contributed by atoms with Crippen LogP contribution in [-0.4, -0.2) is 24.5 Å². The van der Waals surface area contributed by atoms with E-state index in [0.29, 0.717) is 13.0 Å². The maximum absolute atomic E-state index is 11.6. The van der Waals surface area contributed by atoms with E-state index in [1.54, 1.807) is 13.8 Å². The SMILES string of the molecule is CCOC(=O)[C@@H](C)N[C@@H](C)c1ccc(NC(=O)CC)cc1. The summed E-state index contributed by atoms with van der Waals surface area (Å²) in [6.45, 7) is 7.74. The summed E-state index contributed by atoms with van der Waals surface area (Å²) >= 11 is 0. The summed E-state index contributed by atoms with van der Waals surface area (Å²) in [5.74, 6) is -0.263. The molecule has 0 unspecified atom stereocenters. The van der Waals surface area contributed by atoms with Crippen molar-refractivity contribution in [3.05, 3.63) is 29.8 Å². The lowest BCUT2D eigenvalue weighted by atomic mass is 10.1. The molecule has 1 aromatic carbocycles. The van der Waals surface area contributed by atoms with Gasteiger partial charge in [-0.15, -0.1) is 0 Å². The number of benzene rings is 1. The van der Waals surface area contributed by atoms with Gasteiger partial charge in [0, 0.05) is 18.2 Å². The average Bonchev–Trinajstić information content (AvgIpc) is 2.47. The van der Waals surface area contributed by atoms with Crippen molar-refractivity contribution in [1.82, 2.24) is 5.32 Å². The van der Waals surface area contributed by atoms with Crippen LogP contribution in [0, 0.1) is 0 Å². The molecule has 1 rings (SSSR count). The topological polar surface area (TPSA) is 67.4 Å². The highest BCUT2D eigenvalue weighted by Crippen LogP contribution is 2.17. The first kappa shape index (κ1) is 17.2. The number of carbonyl (C=O) groups is 2. The lowest BCUT2D eigenvalue weighted by Crippen LogP contribution is -2.37. The molecule has 0 aromatic heterocycles. The fraction of sp³-hybridized carbons (Fsp3) is 0.500. The van der Waals surface area contributed by atoms with Crippen molar-refractivity contribution in [2.24, 2.45) is 0 Å². The highest BCUT2D eigenvalue weighted by Gasteiger charge is 2.17. The summed E-state index contributed by atoms with van der Waals surface area (Å²) in [5.41, 5.74) is 1.82. The zero-order valence-corrected chi connectivity index (χ0v) is 13.1. The van der Waals surface area contributed by atoms with E-state index < -0.39 is 0 Å². The van der Waals surface area contributed by atoms with Crippen molar-refractivity contribution >= 4 is 17.6 Å². The number of carbonyl (C=O) groups excluding carboxylic acids is 2. The van der Waals surface area contributed by atoms with Crippen LogP contribution in [0.5, 0.6) is 0 Å². The zero-order chi connectivity index (χ0) is 15.8. The predicted octanol–water partition coefficient (Wildman–Crippen LogP) is 2.64. The third-order valence-electron chi connectivity index (χ3n) is 3.16. The molecule has 2 N–H and O–H groups in total. The lowest BCUT2D eigenvalue weighted by Gasteiger charge is -2.19. The van der Waals surface area contributed by atoms with Crippen LogP contribution in [-0.2, 0) is 14.3 Å². The molecular weight excluding hydrogens is 268 g/mol. The van der Waals surface area contributed by atoms with Crippen molar-refractivity contribution in [3.63, 3.8) is 0 Å². The lowest BCUT2D eigenvalue weighted by molar-refractivity contribution is -0.145. The quantitative estimate of drug-likeness (QED) is 0.758. The molecular formula is C16H24N2O3. The van der Waals surface area contributed by atoms with Gasteiger partial charge in [0.25, 0.3) is 0 Å². The Kier molecular flexibility index (Phi) is 6.88. The summed E-state index contributed by atoms with van der Waals surface area (Å²) in [6.07, 6.45) is 0.455. The van der Waals surface area contributed by atoms with Crippen molar-refractivity contribution in [2.75, 3.05) is 11.9 Å². The molecule has 5 nitrogen and oxygen atoms in total. The molecule has 0 radical (unpaired) electrons. The molecule has 0 fully saturated rings. The van der Waals surface area contributed by atoms with E-state index in [4.69, 9.17) is 4.74 Å². The molecule has 116 valence electrons. The van der Waals surface area contributed by atoms with Gasteiger partial charge in [0.2, 0.25) is 5.91 Å². The second-order valence-corrected chi connectivity index (χ2v) is 4.89. The summed E-state index contributed by atoms with van der Waals surface area (Å²) in [7, 11) is 0. The number of nitrogens with one attached hydrogen (secondary N) is 2. The Bertz CT molecular complexity index is 471. The van der Waals surface area contributed by atoms with Gasteiger partial charge in [0.1, 0.15) is 6.04 Å². The largest absolute Gasteiger partial charge is 0.465 e. The monoisotopic (exact) mass is 292 g/mol. The van der Waals surface area contributed by atoms with Gasteiger partial charge in [-0.3, -0.25) is 14.9 Å². The van der Waals surface area contributed by atoms with E-state index in [1.807, 2.05) is 38.1 Å². The van der Waals surface area contributed by atoms with Crippen molar-refractivity contribution in [1.29, 1.82) is 0 Å². The first-order valence-electron chi connectivity index (χ1n) is 7.30. The van der Waals surface area contributed by atoms with Crippen molar-refractivity contribution in [3.8, 4) is 0 Å². The molecule has 0 bridgehead atoms. The Balaban J connectivity index is 2.60. The van der Waals surface area contributed by atoms with Crippen LogP contribution >= 0.6 is 0 Å². The third-order valence-corrected chi connectivity index (χ3v) is 3.16. The minimum atomic E-state index is -0.362. The highest BCUT2D eigenvalue weighted by atomic mass is 16.5. The average molecular weight is 292 g/mol. The number of hydrogen-bond acceptors (Lipinski definition) is 4. The first-order valence-corrected chi connectivity index (χ1v) is 7.30. The number of rotatable bonds is 7. The summed E-state index contributed by atoms with van der Waals surface area (Å²) in [4.78, 5) is 22.9. The van der Waals surface area contributed by atoms with E-state index in [9.17, 15) is 9.59 Å². The number of anilines is 1. The van der Waals surface area contributed by atoms with Crippen LogP contribution in [0.2, 0.25) is 0 Å². The molecule has 0 saturated carbocycles. The summed E-state index contributed by atoms with van der Waals surface area (Å²) in [6, 6.07) is 7.23. The van der Waals surface area contributed by atoms with Gasteiger partial charge in [-0.05, 0) is 38.5 Å². The van der Waals surface area contributed by atoms with Gasteiger partial charge in [-0.25, -0.2) is 0 Å². The minimum absolute atomic E-state index is 0.00939. The molecule has 0 saturated heterocycles. The molecule has 0 aliphatic carbocycles. The van der Waals surface area contributed by atoms with E-state index in [0.717, 1.165) is 11.3 Å². The Labute approximate surface area is 126 Å². The Morgan fingerprint density at radius 1 is 1.14 bits per heavy atom. The van der Waals surface area contributed by atoms with Crippen molar-refractivity contribution < 1.29 is 14.3 Å². The van der Waals surface area contributed by atoms with Crippen LogP contribution in [0.1, 0.15) is 45.7 Å². The van der Waals surface area contributed by atoms with Crippen LogP contribution in [0.3, 0.4) is 0 Å². The van der Waals surface area contributed by atoms with Gasteiger partial charge >= 0.3 is 5.97 Å². The minimum Gasteiger partial charge on any atom is -0.465 e.